The number of para-hydroxylation sites is 1. The maximum absolute atomic E-state index is 14.6. The Hall–Kier alpha value is -3.15. The van der Waals surface area contributed by atoms with Crippen molar-refractivity contribution in [2.45, 2.75) is 69.9 Å². The van der Waals surface area contributed by atoms with Gasteiger partial charge in [0.15, 0.2) is 5.65 Å². The normalized spacial score (nSPS) is 25.5. The smallest absolute Gasteiger partial charge is 0.225 e. The van der Waals surface area contributed by atoms with E-state index in [0.29, 0.717) is 42.7 Å². The minimum atomic E-state index is -0.351. The Balaban J connectivity index is 1.21. The third kappa shape index (κ3) is 6.43. The summed E-state index contributed by atoms with van der Waals surface area (Å²) in [5.74, 6) is 1.64. The zero-order valence-corrected chi connectivity index (χ0v) is 24.2. The lowest BCUT2D eigenvalue weighted by Gasteiger charge is -2.38. The number of halogens is 1. The summed E-state index contributed by atoms with van der Waals surface area (Å²) in [4.78, 5) is 32.0. The second kappa shape index (κ2) is 13.0. The fraction of sp³-hybridized carbons (Fsp3) is 0.613. The van der Waals surface area contributed by atoms with Gasteiger partial charge in [-0.1, -0.05) is 12.1 Å². The van der Waals surface area contributed by atoms with E-state index in [9.17, 15) is 19.4 Å². The zero-order valence-electron chi connectivity index (χ0n) is 24.2. The molecule has 10 nitrogen and oxygen atoms in total. The number of carbonyl (C=O) groups is 1. The molecule has 1 saturated heterocycles. The van der Waals surface area contributed by atoms with Gasteiger partial charge in [-0.25, -0.2) is 19.3 Å². The summed E-state index contributed by atoms with van der Waals surface area (Å²) in [5.41, 5.74) is 1.76. The number of amides is 1. The second-order valence-corrected chi connectivity index (χ2v) is 12.2. The summed E-state index contributed by atoms with van der Waals surface area (Å²) in [6, 6.07) is 6.65. The van der Waals surface area contributed by atoms with E-state index in [4.69, 9.17) is 9.97 Å². The van der Waals surface area contributed by atoms with Gasteiger partial charge in [0.25, 0.3) is 0 Å². The van der Waals surface area contributed by atoms with E-state index in [0.717, 1.165) is 82.3 Å². The van der Waals surface area contributed by atoms with Gasteiger partial charge in [-0.05, 0) is 69.4 Å². The molecule has 2 aliphatic carbocycles. The molecule has 1 aromatic carbocycles. The highest BCUT2D eigenvalue weighted by Crippen LogP contribution is 2.38. The van der Waals surface area contributed by atoms with Gasteiger partial charge < -0.3 is 20.4 Å². The first-order chi connectivity index (χ1) is 20.5. The van der Waals surface area contributed by atoms with Gasteiger partial charge in [0.2, 0.25) is 11.9 Å². The van der Waals surface area contributed by atoms with E-state index in [1.165, 1.54) is 6.07 Å². The Morgan fingerprint density at radius 1 is 0.976 bits per heavy atom. The van der Waals surface area contributed by atoms with Gasteiger partial charge in [-0.15, -0.1) is 0 Å². The van der Waals surface area contributed by atoms with Gasteiger partial charge in [0, 0.05) is 51.1 Å². The van der Waals surface area contributed by atoms with Crippen molar-refractivity contribution >= 4 is 28.7 Å². The van der Waals surface area contributed by atoms with E-state index in [1.54, 1.807) is 24.4 Å². The average Bonchev–Trinajstić information content (AvgIpc) is 3.37. The van der Waals surface area contributed by atoms with E-state index in [2.05, 4.69) is 19.8 Å². The molecule has 0 radical (unpaired) electrons. The van der Waals surface area contributed by atoms with Crippen LogP contribution in [-0.4, -0.2) is 90.9 Å². The summed E-state index contributed by atoms with van der Waals surface area (Å²) in [6.07, 6.45) is 9.08. The molecule has 3 aromatic rings. The Bertz CT molecular complexity index is 1360. The molecule has 1 aliphatic heterocycles. The lowest BCUT2D eigenvalue weighted by Crippen LogP contribution is -2.51. The highest BCUT2D eigenvalue weighted by Gasteiger charge is 2.33. The van der Waals surface area contributed by atoms with Crippen LogP contribution < -0.4 is 5.32 Å². The van der Waals surface area contributed by atoms with Crippen molar-refractivity contribution in [2.75, 3.05) is 44.6 Å². The molecule has 3 aliphatic rings. The number of carbonyl (C=O) groups excluding carboxylic acids is 1. The number of aliphatic hydroxyl groups is 2. The number of fused-ring (bicyclic) bond motifs is 1. The van der Waals surface area contributed by atoms with Crippen molar-refractivity contribution in [1.82, 2.24) is 29.3 Å². The SMILES string of the molecule is O=C(C1CCC(n2c(Nc3ccccc3F)nc3cnc(CC4CCC(O)CC4)nc32)CC1)N1CCN(CCO)CC1. The van der Waals surface area contributed by atoms with Crippen LogP contribution >= 0.6 is 0 Å². The van der Waals surface area contributed by atoms with Crippen LogP contribution in [0.3, 0.4) is 0 Å². The molecule has 2 saturated carbocycles. The summed E-state index contributed by atoms with van der Waals surface area (Å²) < 4.78 is 16.7. The van der Waals surface area contributed by atoms with Gasteiger partial charge in [0.05, 0.1) is 24.6 Å². The van der Waals surface area contributed by atoms with Crippen LogP contribution in [-0.2, 0) is 11.2 Å². The first-order valence-corrected chi connectivity index (χ1v) is 15.5. The Labute approximate surface area is 246 Å². The van der Waals surface area contributed by atoms with Crippen LogP contribution in [0.2, 0.25) is 0 Å². The summed E-state index contributed by atoms with van der Waals surface area (Å²) >= 11 is 0. The second-order valence-electron chi connectivity index (χ2n) is 12.2. The van der Waals surface area contributed by atoms with Crippen molar-refractivity contribution in [3.8, 4) is 0 Å². The van der Waals surface area contributed by atoms with Crippen molar-refractivity contribution in [3.05, 3.63) is 42.1 Å². The van der Waals surface area contributed by atoms with Crippen molar-refractivity contribution in [1.29, 1.82) is 0 Å². The van der Waals surface area contributed by atoms with Crippen LogP contribution in [0.4, 0.5) is 16.0 Å². The highest BCUT2D eigenvalue weighted by atomic mass is 19.1. The van der Waals surface area contributed by atoms with Gasteiger partial charge >= 0.3 is 0 Å². The zero-order chi connectivity index (χ0) is 29.1. The molecule has 3 fully saturated rings. The van der Waals surface area contributed by atoms with Crippen LogP contribution in [0, 0.1) is 17.7 Å². The topological polar surface area (TPSA) is 120 Å². The molecule has 11 heteroatoms. The Kier molecular flexibility index (Phi) is 8.97. The standard InChI is InChI=1S/C31H42FN7O3/c32-25-3-1-2-4-26(25)34-31-35-27-20-33-28(19-21-5-11-24(41)12-6-21)36-29(27)39(31)23-9-7-22(8-10-23)30(42)38-15-13-37(14-16-38)17-18-40/h1-4,20-24,40-41H,5-19H2,(H,34,35). The number of imidazole rings is 1. The number of piperazine rings is 1. The molecule has 0 bridgehead atoms. The fourth-order valence-electron chi connectivity index (χ4n) is 6.92. The lowest BCUT2D eigenvalue weighted by atomic mass is 9.84. The van der Waals surface area contributed by atoms with Gasteiger partial charge in [-0.2, -0.15) is 0 Å². The number of aromatic nitrogens is 4. The van der Waals surface area contributed by atoms with Crippen LogP contribution in [0.5, 0.6) is 0 Å². The van der Waals surface area contributed by atoms with Crippen molar-refractivity contribution in [3.63, 3.8) is 0 Å². The van der Waals surface area contributed by atoms with E-state index in [-0.39, 0.29) is 36.4 Å². The third-order valence-corrected chi connectivity index (χ3v) is 9.40. The predicted octanol–water partition coefficient (Wildman–Crippen LogP) is 3.67. The number of anilines is 2. The first kappa shape index (κ1) is 28.9. The molecule has 0 unspecified atom stereocenters. The highest BCUT2D eigenvalue weighted by molar-refractivity contribution is 5.79. The maximum atomic E-state index is 14.6. The number of rotatable bonds is 8. The molecule has 1 amide bonds. The van der Waals surface area contributed by atoms with E-state index in [1.807, 2.05) is 4.90 Å². The average molecular weight is 580 g/mol. The minimum Gasteiger partial charge on any atom is -0.395 e. The Morgan fingerprint density at radius 2 is 1.71 bits per heavy atom. The van der Waals surface area contributed by atoms with Crippen LogP contribution in [0.1, 0.15) is 63.2 Å². The molecule has 0 spiro atoms. The first-order valence-electron chi connectivity index (χ1n) is 15.5. The number of β-amino-alcohol motifs (C(OH)–C–C–N with tert-alkyl or cyclic N) is 1. The summed E-state index contributed by atoms with van der Waals surface area (Å²) in [6.45, 7) is 3.83. The molecule has 42 heavy (non-hydrogen) atoms. The lowest BCUT2D eigenvalue weighted by molar-refractivity contribution is -0.138. The largest absolute Gasteiger partial charge is 0.395 e. The summed E-state index contributed by atoms with van der Waals surface area (Å²) in [7, 11) is 0. The third-order valence-electron chi connectivity index (χ3n) is 9.40. The minimum absolute atomic E-state index is 0.00440. The van der Waals surface area contributed by atoms with E-state index < -0.39 is 0 Å². The molecule has 6 rings (SSSR count). The van der Waals surface area contributed by atoms with Crippen LogP contribution in [0.25, 0.3) is 11.2 Å². The number of hydrogen-bond donors (Lipinski definition) is 3. The van der Waals surface area contributed by atoms with Crippen LogP contribution in [0.15, 0.2) is 30.5 Å². The van der Waals surface area contributed by atoms with Gasteiger partial charge in [-0.3, -0.25) is 14.3 Å². The number of nitrogens with one attached hydrogen (secondary N) is 1. The van der Waals surface area contributed by atoms with E-state index >= 15 is 0 Å². The van der Waals surface area contributed by atoms with Gasteiger partial charge in [0.1, 0.15) is 17.2 Å². The monoisotopic (exact) mass is 579 g/mol. The molecule has 2 aromatic heterocycles. The molecule has 3 N–H and O–H groups in total. The van der Waals surface area contributed by atoms with Crippen molar-refractivity contribution in [2.24, 2.45) is 11.8 Å². The molecular weight excluding hydrogens is 537 g/mol. The quantitative estimate of drug-likeness (QED) is 0.370. The fourth-order valence-corrected chi connectivity index (χ4v) is 6.92. The molecule has 226 valence electrons. The van der Waals surface area contributed by atoms with Crippen molar-refractivity contribution < 1.29 is 19.4 Å². The number of aliphatic hydroxyl groups excluding tert-OH is 2. The predicted molar refractivity (Wildman–Crippen MR) is 158 cm³/mol. The number of nitrogens with zero attached hydrogens (tertiary/aromatic N) is 6. The number of benzene rings is 1. The molecule has 0 atom stereocenters. The molecule has 3 heterocycles. The molecular formula is C31H42FN7O3. The summed E-state index contributed by atoms with van der Waals surface area (Å²) in [5, 5.41) is 22.3. The number of hydrogen-bond acceptors (Lipinski definition) is 8. The maximum Gasteiger partial charge on any atom is 0.225 e. The Morgan fingerprint density at radius 3 is 2.43 bits per heavy atom.